The van der Waals surface area contributed by atoms with Crippen LogP contribution in [0.5, 0.6) is 0 Å². The van der Waals surface area contributed by atoms with E-state index >= 15 is 0 Å². The van der Waals surface area contributed by atoms with Crippen LogP contribution >= 0.6 is 23.4 Å². The molecule has 0 aliphatic carbocycles. The molecule has 3 N–H and O–H groups in total. The maximum Gasteiger partial charge on any atom is 0.336 e. The van der Waals surface area contributed by atoms with Crippen LogP contribution in [0.25, 0.3) is 0 Å². The van der Waals surface area contributed by atoms with Crippen molar-refractivity contribution in [2.45, 2.75) is 23.5 Å². The highest BCUT2D eigenvalue weighted by Crippen LogP contribution is 2.30. The van der Waals surface area contributed by atoms with Gasteiger partial charge < -0.3 is 15.7 Å². The number of carboxylic acids is 1. The molecule has 32 heavy (non-hydrogen) atoms. The number of benzene rings is 3. The number of nitrogens with one attached hydrogen (secondary N) is 2. The van der Waals surface area contributed by atoms with Gasteiger partial charge in [-0.1, -0.05) is 48.9 Å². The van der Waals surface area contributed by atoms with Crippen LogP contribution in [0.4, 0.5) is 11.4 Å². The van der Waals surface area contributed by atoms with Gasteiger partial charge in [-0.15, -0.1) is 11.8 Å². The van der Waals surface area contributed by atoms with Gasteiger partial charge in [-0.2, -0.15) is 0 Å². The quantitative estimate of drug-likeness (QED) is 0.363. The van der Waals surface area contributed by atoms with Crippen molar-refractivity contribution in [2.24, 2.45) is 0 Å². The van der Waals surface area contributed by atoms with E-state index in [-0.39, 0.29) is 22.3 Å². The summed E-state index contributed by atoms with van der Waals surface area (Å²) in [5.74, 6) is -1.86. The number of rotatable bonds is 8. The molecule has 0 saturated heterocycles. The number of para-hydroxylation sites is 1. The van der Waals surface area contributed by atoms with Gasteiger partial charge in [-0.05, 0) is 48.9 Å². The third kappa shape index (κ3) is 5.90. The molecule has 3 aromatic rings. The number of carbonyl (C=O) groups excluding carboxylic acids is 2. The summed E-state index contributed by atoms with van der Waals surface area (Å²) in [6.45, 7) is 1.91. The number of hydrogen-bond donors (Lipinski definition) is 3. The molecule has 8 heteroatoms. The van der Waals surface area contributed by atoms with E-state index in [1.165, 1.54) is 23.9 Å². The van der Waals surface area contributed by atoms with Crippen LogP contribution < -0.4 is 10.6 Å². The number of halogens is 1. The van der Waals surface area contributed by atoms with Gasteiger partial charge in [-0.25, -0.2) is 4.79 Å². The molecule has 1 unspecified atom stereocenters. The Morgan fingerprint density at radius 3 is 2.31 bits per heavy atom. The van der Waals surface area contributed by atoms with Crippen LogP contribution in [0.1, 0.15) is 34.1 Å². The maximum absolute atomic E-state index is 12.7. The van der Waals surface area contributed by atoms with E-state index in [9.17, 15) is 19.5 Å². The predicted octanol–water partition coefficient (Wildman–Crippen LogP) is 5.80. The number of carboxylic acid groups (broad SMARTS) is 1. The van der Waals surface area contributed by atoms with Gasteiger partial charge in [0.25, 0.3) is 5.91 Å². The second kappa shape index (κ2) is 10.8. The SMILES string of the molecule is CCC(Sc1cccc(NC(=O)c2ccccc2C(=O)O)c1)C(=O)Nc1ccccc1Cl. The lowest BCUT2D eigenvalue weighted by atomic mass is 10.1. The number of amides is 2. The third-order valence-electron chi connectivity index (χ3n) is 4.57. The van der Waals surface area contributed by atoms with Gasteiger partial charge in [-0.3, -0.25) is 9.59 Å². The zero-order valence-electron chi connectivity index (χ0n) is 17.2. The van der Waals surface area contributed by atoms with Crippen LogP contribution in [-0.4, -0.2) is 28.1 Å². The molecule has 0 aliphatic heterocycles. The average molecular weight is 469 g/mol. The fourth-order valence-electron chi connectivity index (χ4n) is 2.98. The Balaban J connectivity index is 1.71. The molecule has 0 aliphatic rings. The van der Waals surface area contributed by atoms with Gasteiger partial charge in [0.2, 0.25) is 5.91 Å². The van der Waals surface area contributed by atoms with Crippen LogP contribution in [0.2, 0.25) is 5.02 Å². The predicted molar refractivity (Wildman–Crippen MR) is 128 cm³/mol. The lowest BCUT2D eigenvalue weighted by Crippen LogP contribution is -2.24. The first-order chi connectivity index (χ1) is 15.4. The molecule has 2 amide bonds. The Bertz CT molecular complexity index is 1150. The van der Waals surface area contributed by atoms with Crippen LogP contribution in [0.15, 0.2) is 77.7 Å². The molecule has 1 atom stereocenters. The third-order valence-corrected chi connectivity index (χ3v) is 6.25. The second-order valence-corrected chi connectivity index (χ2v) is 8.50. The fraction of sp³-hybridized carbons (Fsp3) is 0.125. The van der Waals surface area contributed by atoms with E-state index in [0.717, 1.165) is 4.90 Å². The summed E-state index contributed by atoms with van der Waals surface area (Å²) >= 11 is 7.49. The maximum atomic E-state index is 12.7. The van der Waals surface area contributed by atoms with Crippen molar-refractivity contribution in [3.63, 3.8) is 0 Å². The first-order valence-corrected chi connectivity index (χ1v) is 11.1. The average Bonchev–Trinajstić information content (AvgIpc) is 2.79. The molecule has 0 heterocycles. The Morgan fingerprint density at radius 1 is 0.938 bits per heavy atom. The lowest BCUT2D eigenvalue weighted by Gasteiger charge is -2.16. The molecule has 0 bridgehead atoms. The summed E-state index contributed by atoms with van der Waals surface area (Å²) in [6, 6.07) is 20.1. The van der Waals surface area contributed by atoms with Gasteiger partial charge in [0.1, 0.15) is 0 Å². The van der Waals surface area contributed by atoms with Crippen molar-refractivity contribution in [3.8, 4) is 0 Å². The molecule has 0 spiro atoms. The summed E-state index contributed by atoms with van der Waals surface area (Å²) in [7, 11) is 0. The number of hydrogen-bond acceptors (Lipinski definition) is 4. The van der Waals surface area contributed by atoms with Gasteiger partial charge >= 0.3 is 5.97 Å². The summed E-state index contributed by atoms with van der Waals surface area (Å²) in [5.41, 5.74) is 1.05. The summed E-state index contributed by atoms with van der Waals surface area (Å²) in [6.07, 6.45) is 0.587. The van der Waals surface area contributed by atoms with E-state index in [4.69, 9.17) is 11.6 Å². The smallest absolute Gasteiger partial charge is 0.336 e. The van der Waals surface area contributed by atoms with E-state index in [2.05, 4.69) is 10.6 Å². The minimum Gasteiger partial charge on any atom is -0.478 e. The molecule has 0 radical (unpaired) electrons. The normalized spacial score (nSPS) is 11.4. The van der Waals surface area contributed by atoms with Gasteiger partial charge in [0.05, 0.1) is 27.1 Å². The lowest BCUT2D eigenvalue weighted by molar-refractivity contribution is -0.115. The van der Waals surface area contributed by atoms with Crippen LogP contribution in [-0.2, 0) is 4.79 Å². The van der Waals surface area contributed by atoms with E-state index in [1.807, 2.05) is 13.0 Å². The van der Waals surface area contributed by atoms with Crippen molar-refractivity contribution in [1.82, 2.24) is 0 Å². The van der Waals surface area contributed by atoms with E-state index < -0.39 is 11.9 Å². The summed E-state index contributed by atoms with van der Waals surface area (Å²) in [4.78, 5) is 37.5. The van der Waals surface area contributed by atoms with Crippen molar-refractivity contribution >= 4 is 52.5 Å². The van der Waals surface area contributed by atoms with Crippen molar-refractivity contribution in [1.29, 1.82) is 0 Å². The summed E-state index contributed by atoms with van der Waals surface area (Å²) in [5, 5.41) is 15.0. The van der Waals surface area contributed by atoms with Crippen molar-refractivity contribution < 1.29 is 19.5 Å². The zero-order chi connectivity index (χ0) is 23.1. The molecule has 164 valence electrons. The Labute approximate surface area is 195 Å². The number of anilines is 2. The standard InChI is InChI=1S/C24H21ClN2O4S/c1-2-21(23(29)27-20-13-6-5-12-19(20)25)32-16-9-7-8-15(14-16)26-22(28)17-10-3-4-11-18(17)24(30)31/h3-14,21H,2H2,1H3,(H,26,28)(H,27,29)(H,30,31). The molecular weight excluding hydrogens is 448 g/mol. The number of aromatic carboxylic acids is 1. The Kier molecular flexibility index (Phi) is 7.92. The van der Waals surface area contributed by atoms with Crippen LogP contribution in [0.3, 0.4) is 0 Å². The van der Waals surface area contributed by atoms with E-state index in [1.54, 1.807) is 54.6 Å². The topological polar surface area (TPSA) is 95.5 Å². The molecular formula is C24H21ClN2O4S. The zero-order valence-corrected chi connectivity index (χ0v) is 18.7. The fourth-order valence-corrected chi connectivity index (χ4v) is 4.17. The Morgan fingerprint density at radius 2 is 1.62 bits per heavy atom. The first kappa shape index (κ1) is 23.4. The molecule has 0 aromatic heterocycles. The highest BCUT2D eigenvalue weighted by atomic mass is 35.5. The van der Waals surface area contributed by atoms with Crippen molar-refractivity contribution in [3.05, 3.63) is 88.9 Å². The van der Waals surface area contributed by atoms with Gasteiger partial charge in [0.15, 0.2) is 0 Å². The molecule has 0 saturated carbocycles. The largest absolute Gasteiger partial charge is 0.478 e. The van der Waals surface area contributed by atoms with Crippen molar-refractivity contribution in [2.75, 3.05) is 10.6 Å². The monoisotopic (exact) mass is 468 g/mol. The second-order valence-electron chi connectivity index (χ2n) is 6.82. The summed E-state index contributed by atoms with van der Waals surface area (Å²) < 4.78 is 0. The van der Waals surface area contributed by atoms with Crippen LogP contribution in [0, 0.1) is 0 Å². The van der Waals surface area contributed by atoms with Gasteiger partial charge in [0, 0.05) is 10.6 Å². The molecule has 3 rings (SSSR count). The molecule has 0 fully saturated rings. The minimum atomic E-state index is -1.17. The number of thioether (sulfide) groups is 1. The van der Waals surface area contributed by atoms with E-state index in [0.29, 0.717) is 22.8 Å². The molecule has 6 nitrogen and oxygen atoms in total. The first-order valence-electron chi connectivity index (χ1n) is 9.84. The Hall–Kier alpha value is -3.29. The highest BCUT2D eigenvalue weighted by Gasteiger charge is 2.20. The highest BCUT2D eigenvalue weighted by molar-refractivity contribution is 8.00. The molecule has 3 aromatic carbocycles. The number of carbonyl (C=O) groups is 3. The minimum absolute atomic E-state index is 0.0715.